The molecule has 6 heteroatoms. The molecule has 0 unspecified atom stereocenters. The van der Waals surface area contributed by atoms with Crippen LogP contribution >= 0.6 is 0 Å². The fourth-order valence-corrected chi connectivity index (χ4v) is 1.94. The van der Waals surface area contributed by atoms with Gasteiger partial charge in [-0.2, -0.15) is 0 Å². The number of nitro groups is 1. The predicted octanol–water partition coefficient (Wildman–Crippen LogP) is 0.590. The Balaban J connectivity index is 2.56. The number of hydrogen-bond acceptors (Lipinski definition) is 4. The van der Waals surface area contributed by atoms with Crippen LogP contribution < -0.4 is 5.46 Å². The summed E-state index contributed by atoms with van der Waals surface area (Å²) in [6.07, 6.45) is 0. The van der Waals surface area contributed by atoms with Crippen LogP contribution in [0.2, 0.25) is 0 Å². The minimum atomic E-state index is -1.07. The van der Waals surface area contributed by atoms with Crippen LogP contribution in [0.4, 0.5) is 5.69 Å². The van der Waals surface area contributed by atoms with Gasteiger partial charge >= 0.3 is 7.12 Å². The summed E-state index contributed by atoms with van der Waals surface area (Å²) in [6, 6.07) is 4.53. The fourth-order valence-electron chi connectivity index (χ4n) is 1.94. The number of hydrogen-bond donors (Lipinski definition) is 1. The Morgan fingerprint density at radius 1 is 1.56 bits per heavy atom. The quantitative estimate of drug-likeness (QED) is 0.428. The van der Waals surface area contributed by atoms with Crippen LogP contribution in [0.15, 0.2) is 18.2 Å². The summed E-state index contributed by atoms with van der Waals surface area (Å²) in [6.45, 7) is 4.35. The molecule has 0 amide bonds. The van der Waals surface area contributed by atoms with Gasteiger partial charge in [-0.1, -0.05) is 19.9 Å². The molecule has 0 bridgehead atoms. The van der Waals surface area contributed by atoms with Crippen LogP contribution in [0.25, 0.3) is 0 Å². The smallest absolute Gasteiger partial charge is 0.423 e. The van der Waals surface area contributed by atoms with E-state index in [1.54, 1.807) is 6.07 Å². The molecule has 0 saturated carbocycles. The molecule has 5 nitrogen and oxygen atoms in total. The second kappa shape index (κ2) is 3.57. The molecule has 0 radical (unpaired) electrons. The van der Waals surface area contributed by atoms with Crippen molar-refractivity contribution in [1.82, 2.24) is 0 Å². The average Bonchev–Trinajstić information content (AvgIpc) is 2.23. The lowest BCUT2D eigenvalue weighted by atomic mass is 9.66. The van der Waals surface area contributed by atoms with Gasteiger partial charge in [-0.05, 0) is 11.0 Å². The number of non-ortho nitro benzene ring substituents is 1. The van der Waals surface area contributed by atoms with Crippen molar-refractivity contribution in [3.05, 3.63) is 33.9 Å². The zero-order valence-electron chi connectivity index (χ0n) is 9.14. The molecular formula is C10H12BNO4. The van der Waals surface area contributed by atoms with Crippen LogP contribution in [0.1, 0.15) is 19.4 Å². The second-order valence-corrected chi connectivity index (χ2v) is 4.58. The Hall–Kier alpha value is -1.40. The van der Waals surface area contributed by atoms with Gasteiger partial charge in [-0.25, -0.2) is 0 Å². The Labute approximate surface area is 93.3 Å². The van der Waals surface area contributed by atoms with Crippen LogP contribution in [0, 0.1) is 10.1 Å². The first-order valence-electron chi connectivity index (χ1n) is 5.00. The second-order valence-electron chi connectivity index (χ2n) is 4.58. The van der Waals surface area contributed by atoms with Crippen LogP contribution in [-0.4, -0.2) is 23.7 Å². The van der Waals surface area contributed by atoms with Gasteiger partial charge < -0.3 is 9.68 Å². The molecule has 16 heavy (non-hydrogen) atoms. The summed E-state index contributed by atoms with van der Waals surface area (Å²) in [5.74, 6) is 0. The number of fused-ring (bicyclic) bond motifs is 1. The molecule has 1 aliphatic heterocycles. The highest BCUT2D eigenvalue weighted by Crippen LogP contribution is 2.27. The third-order valence-electron chi connectivity index (χ3n) is 2.84. The lowest BCUT2D eigenvalue weighted by Gasteiger charge is -2.33. The minimum Gasteiger partial charge on any atom is -0.423 e. The molecule has 1 N–H and O–H groups in total. The van der Waals surface area contributed by atoms with Crippen LogP contribution in [-0.2, 0) is 10.1 Å². The molecule has 0 atom stereocenters. The molecule has 0 aliphatic carbocycles. The first-order chi connectivity index (χ1) is 7.42. The van der Waals surface area contributed by atoms with Crippen molar-refractivity contribution in [2.75, 3.05) is 6.61 Å². The highest BCUT2D eigenvalue weighted by Gasteiger charge is 2.36. The van der Waals surface area contributed by atoms with Gasteiger partial charge in [0.25, 0.3) is 5.69 Å². The van der Waals surface area contributed by atoms with Crippen molar-refractivity contribution in [2.24, 2.45) is 0 Å². The molecule has 1 heterocycles. The summed E-state index contributed by atoms with van der Waals surface area (Å²) in [7, 11) is -1.07. The molecule has 84 valence electrons. The molecule has 1 aromatic rings. The average molecular weight is 221 g/mol. The van der Waals surface area contributed by atoms with Crippen molar-refractivity contribution in [2.45, 2.75) is 19.3 Å². The predicted molar refractivity (Wildman–Crippen MR) is 59.7 cm³/mol. The molecule has 1 aromatic carbocycles. The van der Waals surface area contributed by atoms with Gasteiger partial charge in [0.2, 0.25) is 0 Å². The van der Waals surface area contributed by atoms with E-state index < -0.39 is 12.0 Å². The largest absolute Gasteiger partial charge is 0.491 e. The molecule has 0 fully saturated rings. The fraction of sp³-hybridized carbons (Fsp3) is 0.400. The highest BCUT2D eigenvalue weighted by molar-refractivity contribution is 6.61. The SMILES string of the molecule is CC1(C)COB(O)c2cc([N+](=O)[O-])ccc21. The van der Waals surface area contributed by atoms with E-state index in [1.165, 1.54) is 12.1 Å². The van der Waals surface area contributed by atoms with E-state index in [1.807, 2.05) is 13.8 Å². The van der Waals surface area contributed by atoms with Gasteiger partial charge in [0.05, 0.1) is 4.92 Å². The van der Waals surface area contributed by atoms with Gasteiger partial charge in [0.15, 0.2) is 0 Å². The van der Waals surface area contributed by atoms with E-state index in [2.05, 4.69) is 0 Å². The molecule has 1 aliphatic rings. The van der Waals surface area contributed by atoms with E-state index in [0.29, 0.717) is 12.1 Å². The number of nitro benzene ring substituents is 1. The van der Waals surface area contributed by atoms with E-state index in [4.69, 9.17) is 4.65 Å². The Kier molecular flexibility index (Phi) is 2.48. The standard InChI is InChI=1S/C10H12BNO4/c1-10(2)6-16-11(13)9-5-7(12(14)15)3-4-8(9)10/h3-5,13H,6H2,1-2H3. The normalized spacial score (nSPS) is 18.1. The molecule has 0 saturated heterocycles. The zero-order valence-corrected chi connectivity index (χ0v) is 9.14. The van der Waals surface area contributed by atoms with Crippen LogP contribution in [0.5, 0.6) is 0 Å². The number of nitrogens with zero attached hydrogens (tertiary/aromatic N) is 1. The maximum atomic E-state index is 10.6. The van der Waals surface area contributed by atoms with Gasteiger partial charge in [-0.15, -0.1) is 0 Å². The molecule has 0 spiro atoms. The number of benzene rings is 1. The summed E-state index contributed by atoms with van der Waals surface area (Å²) < 4.78 is 5.19. The summed E-state index contributed by atoms with van der Waals surface area (Å²) >= 11 is 0. The third-order valence-corrected chi connectivity index (χ3v) is 2.84. The highest BCUT2D eigenvalue weighted by atomic mass is 16.6. The van der Waals surface area contributed by atoms with Crippen molar-refractivity contribution in [1.29, 1.82) is 0 Å². The molecule has 0 aromatic heterocycles. The van der Waals surface area contributed by atoms with Crippen molar-refractivity contribution < 1.29 is 14.6 Å². The Morgan fingerprint density at radius 2 is 2.25 bits per heavy atom. The minimum absolute atomic E-state index is 0.0286. The molecule has 2 rings (SSSR count). The van der Waals surface area contributed by atoms with Crippen molar-refractivity contribution in [3.8, 4) is 0 Å². The first kappa shape index (κ1) is 11.1. The lowest BCUT2D eigenvalue weighted by Crippen LogP contribution is -2.48. The van der Waals surface area contributed by atoms with Gasteiger partial charge in [0, 0.05) is 24.2 Å². The lowest BCUT2D eigenvalue weighted by molar-refractivity contribution is -0.384. The maximum absolute atomic E-state index is 10.6. The zero-order chi connectivity index (χ0) is 11.9. The summed E-state index contributed by atoms with van der Waals surface area (Å²) in [5, 5.41) is 20.3. The molecular weight excluding hydrogens is 209 g/mol. The van der Waals surface area contributed by atoms with Crippen LogP contribution in [0.3, 0.4) is 0 Å². The summed E-state index contributed by atoms with van der Waals surface area (Å²) in [4.78, 5) is 10.2. The van der Waals surface area contributed by atoms with Crippen molar-refractivity contribution in [3.63, 3.8) is 0 Å². The Morgan fingerprint density at radius 3 is 2.88 bits per heavy atom. The third kappa shape index (κ3) is 1.70. The van der Waals surface area contributed by atoms with E-state index >= 15 is 0 Å². The van der Waals surface area contributed by atoms with E-state index in [0.717, 1.165) is 5.56 Å². The topological polar surface area (TPSA) is 72.6 Å². The number of rotatable bonds is 1. The monoisotopic (exact) mass is 221 g/mol. The maximum Gasteiger partial charge on any atom is 0.491 e. The van der Waals surface area contributed by atoms with Gasteiger partial charge in [0.1, 0.15) is 0 Å². The first-order valence-corrected chi connectivity index (χ1v) is 5.00. The van der Waals surface area contributed by atoms with Gasteiger partial charge in [-0.3, -0.25) is 10.1 Å². The van der Waals surface area contributed by atoms with Crippen molar-refractivity contribution >= 4 is 18.3 Å². The van der Waals surface area contributed by atoms with E-state index in [9.17, 15) is 15.1 Å². The van der Waals surface area contributed by atoms with E-state index in [-0.39, 0.29) is 11.1 Å². The summed E-state index contributed by atoms with van der Waals surface area (Å²) in [5.41, 5.74) is 1.13. The Bertz CT molecular complexity index is 446.